The Hall–Kier alpha value is -1.69. The van der Waals surface area contributed by atoms with Crippen LogP contribution in [-0.2, 0) is 10.0 Å². The normalized spacial score (nSPS) is 14.3. The van der Waals surface area contributed by atoms with Gasteiger partial charge in [0.15, 0.2) is 0 Å². The minimum atomic E-state index is -3.57. The van der Waals surface area contributed by atoms with E-state index in [0.29, 0.717) is 6.42 Å². The van der Waals surface area contributed by atoms with Crippen molar-refractivity contribution in [1.29, 1.82) is 0 Å². The van der Waals surface area contributed by atoms with Crippen molar-refractivity contribution in [2.75, 3.05) is 6.54 Å². The molecule has 0 amide bonds. The van der Waals surface area contributed by atoms with Crippen molar-refractivity contribution in [1.82, 2.24) is 4.72 Å². The molecule has 5 heteroatoms. The van der Waals surface area contributed by atoms with Gasteiger partial charge in [0.05, 0.1) is 11.0 Å². The van der Waals surface area contributed by atoms with Crippen LogP contribution in [0.3, 0.4) is 0 Å². The zero-order valence-corrected chi connectivity index (χ0v) is 15.2. The van der Waals surface area contributed by atoms with Crippen LogP contribution in [0.5, 0.6) is 0 Å². The first-order valence-electron chi connectivity index (χ1n) is 8.14. The van der Waals surface area contributed by atoms with Crippen LogP contribution in [-0.4, -0.2) is 20.1 Å². The van der Waals surface area contributed by atoms with Crippen molar-refractivity contribution < 1.29 is 13.5 Å². The highest BCUT2D eigenvalue weighted by molar-refractivity contribution is 7.89. The number of hydrogen-bond donors (Lipinski definition) is 2. The number of aryl methyl sites for hydroxylation is 2. The first kappa shape index (κ1) is 18.6. The topological polar surface area (TPSA) is 66.4 Å². The maximum absolute atomic E-state index is 12.4. The Morgan fingerprint density at radius 1 is 0.958 bits per heavy atom. The molecule has 0 unspecified atom stereocenters. The van der Waals surface area contributed by atoms with Crippen molar-refractivity contribution in [3.05, 3.63) is 65.2 Å². The number of sulfonamides is 1. The van der Waals surface area contributed by atoms with Gasteiger partial charge >= 0.3 is 0 Å². The fourth-order valence-corrected chi connectivity index (χ4v) is 3.63. The summed E-state index contributed by atoms with van der Waals surface area (Å²) in [5, 5.41) is 10.5. The number of aliphatic hydroxyl groups is 1. The average Bonchev–Trinajstić information content (AvgIpc) is 2.56. The van der Waals surface area contributed by atoms with Crippen molar-refractivity contribution >= 4 is 10.0 Å². The molecule has 2 atom stereocenters. The highest BCUT2D eigenvalue weighted by Gasteiger charge is 2.22. The monoisotopic (exact) mass is 347 g/mol. The standard InChI is InChI=1S/C19H25NO3S/c1-4-16(19(21)17-9-5-14(2)6-10-17)13-20-24(22,23)18-11-7-15(3)8-12-18/h5-12,16,19-21H,4,13H2,1-3H3/t16-,19+/m1/s1. The van der Waals surface area contributed by atoms with Gasteiger partial charge in [-0.2, -0.15) is 0 Å². The molecule has 0 heterocycles. The van der Waals surface area contributed by atoms with E-state index < -0.39 is 16.1 Å². The molecule has 0 saturated carbocycles. The van der Waals surface area contributed by atoms with Crippen molar-refractivity contribution in [3.63, 3.8) is 0 Å². The molecule has 24 heavy (non-hydrogen) atoms. The molecule has 0 aliphatic carbocycles. The predicted molar refractivity (Wildman–Crippen MR) is 96.3 cm³/mol. The van der Waals surface area contributed by atoms with E-state index in [2.05, 4.69) is 4.72 Å². The summed E-state index contributed by atoms with van der Waals surface area (Å²) in [6, 6.07) is 14.4. The summed E-state index contributed by atoms with van der Waals surface area (Å²) in [5.74, 6) is -0.187. The summed E-state index contributed by atoms with van der Waals surface area (Å²) in [4.78, 5) is 0.243. The molecular formula is C19H25NO3S. The Morgan fingerprint density at radius 3 is 1.96 bits per heavy atom. The van der Waals surface area contributed by atoms with E-state index in [1.54, 1.807) is 24.3 Å². The van der Waals surface area contributed by atoms with Crippen molar-refractivity contribution in [3.8, 4) is 0 Å². The molecule has 0 aliphatic heterocycles. The van der Waals surface area contributed by atoms with Gasteiger partial charge in [-0.1, -0.05) is 54.4 Å². The summed E-state index contributed by atoms with van der Waals surface area (Å²) in [6.45, 7) is 6.04. The quantitative estimate of drug-likeness (QED) is 0.807. The van der Waals surface area contributed by atoms with Crippen molar-refractivity contribution in [2.45, 2.75) is 38.2 Å². The van der Waals surface area contributed by atoms with Gasteiger partial charge in [-0.05, 0) is 38.0 Å². The number of benzene rings is 2. The molecule has 0 bridgehead atoms. The molecule has 0 fully saturated rings. The molecule has 2 aromatic rings. The fourth-order valence-electron chi connectivity index (χ4n) is 2.53. The average molecular weight is 347 g/mol. The third kappa shape index (κ3) is 4.66. The summed E-state index contributed by atoms with van der Waals surface area (Å²) >= 11 is 0. The van der Waals surface area contributed by atoms with Gasteiger partial charge in [-0.3, -0.25) is 0 Å². The second-order valence-electron chi connectivity index (χ2n) is 6.19. The molecule has 0 radical (unpaired) electrons. The molecule has 0 saturated heterocycles. The van der Waals surface area contributed by atoms with E-state index in [4.69, 9.17) is 0 Å². The molecule has 0 aromatic heterocycles. The second kappa shape index (κ2) is 7.92. The number of rotatable bonds is 7. The Labute approximate surface area is 144 Å². The SMILES string of the molecule is CC[C@H](CNS(=O)(=O)c1ccc(C)cc1)[C@H](O)c1ccc(C)cc1. The molecule has 0 aliphatic rings. The molecule has 2 aromatic carbocycles. The van der Waals surface area contributed by atoms with Crippen LogP contribution in [0.4, 0.5) is 0 Å². The van der Waals surface area contributed by atoms with Gasteiger partial charge in [-0.15, -0.1) is 0 Å². The molecule has 4 nitrogen and oxygen atoms in total. The van der Waals surface area contributed by atoms with Crippen LogP contribution in [0, 0.1) is 19.8 Å². The van der Waals surface area contributed by atoms with Crippen LogP contribution in [0.25, 0.3) is 0 Å². The highest BCUT2D eigenvalue weighted by Crippen LogP contribution is 2.25. The summed E-state index contributed by atoms with van der Waals surface area (Å²) in [6.07, 6.45) is -0.0258. The zero-order chi connectivity index (χ0) is 17.7. The fraction of sp³-hybridized carbons (Fsp3) is 0.368. The van der Waals surface area contributed by atoms with Crippen LogP contribution in [0.2, 0.25) is 0 Å². The Balaban J connectivity index is 2.07. The van der Waals surface area contributed by atoms with Crippen LogP contribution >= 0.6 is 0 Å². The Morgan fingerprint density at radius 2 is 1.46 bits per heavy atom. The maximum atomic E-state index is 12.4. The van der Waals surface area contributed by atoms with Gasteiger partial charge in [0, 0.05) is 12.5 Å². The van der Waals surface area contributed by atoms with E-state index in [-0.39, 0.29) is 17.4 Å². The minimum Gasteiger partial charge on any atom is -0.388 e. The van der Waals surface area contributed by atoms with E-state index in [1.807, 2.05) is 45.0 Å². The molecule has 2 rings (SSSR count). The maximum Gasteiger partial charge on any atom is 0.240 e. The molecular weight excluding hydrogens is 322 g/mol. The predicted octanol–water partition coefficient (Wildman–Crippen LogP) is 3.34. The Kier molecular flexibility index (Phi) is 6.15. The number of nitrogens with one attached hydrogen (secondary N) is 1. The minimum absolute atomic E-state index is 0.187. The lowest BCUT2D eigenvalue weighted by Gasteiger charge is -2.22. The molecule has 130 valence electrons. The van der Waals surface area contributed by atoms with Gasteiger partial charge in [0.25, 0.3) is 0 Å². The number of hydrogen-bond acceptors (Lipinski definition) is 3. The largest absolute Gasteiger partial charge is 0.388 e. The van der Waals surface area contributed by atoms with Gasteiger partial charge in [0.2, 0.25) is 10.0 Å². The van der Waals surface area contributed by atoms with Gasteiger partial charge < -0.3 is 5.11 Å². The Bertz CT molecular complexity index is 752. The van der Waals surface area contributed by atoms with Crippen LogP contribution in [0.15, 0.2) is 53.4 Å². The van der Waals surface area contributed by atoms with Gasteiger partial charge in [-0.25, -0.2) is 13.1 Å². The first-order valence-corrected chi connectivity index (χ1v) is 9.62. The lowest BCUT2D eigenvalue weighted by atomic mass is 9.93. The third-order valence-corrected chi connectivity index (χ3v) is 5.70. The zero-order valence-electron chi connectivity index (χ0n) is 14.4. The first-order chi connectivity index (χ1) is 11.3. The highest BCUT2D eigenvalue weighted by atomic mass is 32.2. The molecule has 0 spiro atoms. The second-order valence-corrected chi connectivity index (χ2v) is 7.96. The smallest absolute Gasteiger partial charge is 0.240 e. The van der Waals surface area contributed by atoms with Crippen LogP contribution < -0.4 is 4.72 Å². The lowest BCUT2D eigenvalue weighted by Crippen LogP contribution is -2.32. The van der Waals surface area contributed by atoms with Crippen molar-refractivity contribution in [2.24, 2.45) is 5.92 Å². The summed E-state index contributed by atoms with van der Waals surface area (Å²) in [7, 11) is -3.57. The van der Waals surface area contributed by atoms with E-state index in [0.717, 1.165) is 16.7 Å². The third-order valence-electron chi connectivity index (χ3n) is 4.26. The summed E-state index contributed by atoms with van der Waals surface area (Å²) in [5.41, 5.74) is 2.94. The lowest BCUT2D eigenvalue weighted by molar-refractivity contribution is 0.108. The summed E-state index contributed by atoms with van der Waals surface area (Å²) < 4.78 is 27.4. The van der Waals surface area contributed by atoms with E-state index in [9.17, 15) is 13.5 Å². The number of aliphatic hydroxyl groups excluding tert-OH is 1. The molecule has 2 N–H and O–H groups in total. The van der Waals surface area contributed by atoms with Crippen LogP contribution in [0.1, 0.15) is 36.1 Å². The van der Waals surface area contributed by atoms with E-state index >= 15 is 0 Å². The van der Waals surface area contributed by atoms with Gasteiger partial charge in [0.1, 0.15) is 0 Å². The van der Waals surface area contributed by atoms with E-state index in [1.165, 1.54) is 0 Å².